The van der Waals surface area contributed by atoms with Gasteiger partial charge >= 0.3 is 5.97 Å². The molecule has 0 radical (unpaired) electrons. The zero-order valence-electron chi connectivity index (χ0n) is 13.3. The molecule has 1 heterocycles. The van der Waals surface area contributed by atoms with Crippen LogP contribution in [0.5, 0.6) is 0 Å². The first kappa shape index (κ1) is 17.5. The Morgan fingerprint density at radius 1 is 1.05 bits per heavy atom. The van der Waals surface area contributed by atoms with E-state index in [1.54, 1.807) is 18.7 Å². The van der Waals surface area contributed by atoms with Crippen LogP contribution in [-0.4, -0.2) is 46.9 Å². The summed E-state index contributed by atoms with van der Waals surface area (Å²) in [7, 11) is 0. The second kappa shape index (κ2) is 7.43. The Labute approximate surface area is 125 Å². The number of carboxylic acids is 1. The van der Waals surface area contributed by atoms with Crippen LogP contribution < -0.4 is 5.32 Å². The summed E-state index contributed by atoms with van der Waals surface area (Å²) in [5, 5.41) is 12.0. The smallest absolute Gasteiger partial charge is 0.307 e. The van der Waals surface area contributed by atoms with E-state index >= 15 is 0 Å². The molecule has 1 saturated heterocycles. The van der Waals surface area contributed by atoms with Crippen molar-refractivity contribution in [2.45, 2.75) is 46.6 Å². The summed E-state index contributed by atoms with van der Waals surface area (Å²) in [6.07, 6.45) is 1.44. The zero-order valence-corrected chi connectivity index (χ0v) is 13.3. The molecule has 0 aromatic heterocycles. The summed E-state index contributed by atoms with van der Waals surface area (Å²) < 4.78 is 0. The lowest BCUT2D eigenvalue weighted by atomic mass is 9.93. The second-order valence-electron chi connectivity index (χ2n) is 6.18. The van der Waals surface area contributed by atoms with Crippen molar-refractivity contribution in [3.63, 3.8) is 0 Å². The van der Waals surface area contributed by atoms with E-state index in [2.05, 4.69) is 5.32 Å². The van der Waals surface area contributed by atoms with E-state index in [-0.39, 0.29) is 23.8 Å². The largest absolute Gasteiger partial charge is 0.481 e. The molecule has 6 nitrogen and oxygen atoms in total. The maximum Gasteiger partial charge on any atom is 0.307 e. The Morgan fingerprint density at radius 3 is 2.00 bits per heavy atom. The minimum atomic E-state index is -0.949. The number of piperidine rings is 1. The molecule has 1 aliphatic rings. The van der Waals surface area contributed by atoms with Crippen molar-refractivity contribution in [3.05, 3.63) is 0 Å². The van der Waals surface area contributed by atoms with E-state index in [1.807, 2.05) is 13.8 Å². The third-order valence-corrected chi connectivity index (χ3v) is 4.21. The highest BCUT2D eigenvalue weighted by atomic mass is 16.4. The molecule has 120 valence electrons. The molecule has 0 spiro atoms. The van der Waals surface area contributed by atoms with Crippen LogP contribution in [0.4, 0.5) is 0 Å². The van der Waals surface area contributed by atoms with Crippen molar-refractivity contribution in [1.29, 1.82) is 0 Å². The molecule has 1 aliphatic heterocycles. The predicted octanol–water partition coefficient (Wildman–Crippen LogP) is 1.11. The average Bonchev–Trinajstić information content (AvgIpc) is 2.45. The molecule has 1 rings (SSSR count). The Bertz CT molecular complexity index is 400. The normalized spacial score (nSPS) is 19.2. The van der Waals surface area contributed by atoms with Crippen LogP contribution in [0.2, 0.25) is 0 Å². The lowest BCUT2D eigenvalue weighted by molar-refractivity contribution is -0.149. The first-order valence-electron chi connectivity index (χ1n) is 7.56. The number of hydrogen-bond donors (Lipinski definition) is 2. The summed E-state index contributed by atoms with van der Waals surface area (Å²) in [6, 6.07) is 0.108. The van der Waals surface area contributed by atoms with Gasteiger partial charge in [-0.25, -0.2) is 0 Å². The van der Waals surface area contributed by atoms with E-state index in [4.69, 9.17) is 5.11 Å². The highest BCUT2D eigenvalue weighted by Crippen LogP contribution is 2.18. The van der Waals surface area contributed by atoms with Gasteiger partial charge in [-0.2, -0.15) is 0 Å². The molecule has 6 heteroatoms. The highest BCUT2D eigenvalue weighted by molar-refractivity contribution is 5.84. The molecule has 1 fully saturated rings. The molecule has 0 saturated carbocycles. The number of carboxylic acid groups (broad SMARTS) is 1. The van der Waals surface area contributed by atoms with Crippen LogP contribution in [0.15, 0.2) is 0 Å². The van der Waals surface area contributed by atoms with E-state index in [0.717, 1.165) is 12.8 Å². The number of hydrogen-bond acceptors (Lipinski definition) is 3. The quantitative estimate of drug-likeness (QED) is 0.796. The standard InChI is InChI=1S/C15H26N2O4/c1-9(2)13(18)16-12-5-7-17(8-6-12)14(19)10(3)11(4)15(20)21/h9-12H,5-8H2,1-4H3,(H,16,18)(H,20,21). The molecule has 0 bridgehead atoms. The Hall–Kier alpha value is -1.59. The number of aliphatic carboxylic acids is 1. The van der Waals surface area contributed by atoms with Crippen molar-refractivity contribution >= 4 is 17.8 Å². The van der Waals surface area contributed by atoms with Gasteiger partial charge in [0.25, 0.3) is 0 Å². The summed E-state index contributed by atoms with van der Waals surface area (Å²) in [5.41, 5.74) is 0. The minimum absolute atomic E-state index is 0.0349. The third-order valence-electron chi connectivity index (χ3n) is 4.21. The molecule has 2 amide bonds. The third kappa shape index (κ3) is 4.72. The van der Waals surface area contributed by atoms with Crippen LogP contribution >= 0.6 is 0 Å². The molecule has 0 aromatic rings. The summed E-state index contributed by atoms with van der Waals surface area (Å²) in [4.78, 5) is 36.6. The van der Waals surface area contributed by atoms with Crippen molar-refractivity contribution < 1.29 is 19.5 Å². The van der Waals surface area contributed by atoms with E-state index in [1.165, 1.54) is 0 Å². The average molecular weight is 298 g/mol. The van der Waals surface area contributed by atoms with E-state index in [9.17, 15) is 14.4 Å². The van der Waals surface area contributed by atoms with Gasteiger partial charge in [0, 0.05) is 31.0 Å². The molecular formula is C15H26N2O4. The van der Waals surface area contributed by atoms with Gasteiger partial charge in [0.2, 0.25) is 11.8 Å². The fraction of sp³-hybridized carbons (Fsp3) is 0.800. The molecule has 2 unspecified atom stereocenters. The topological polar surface area (TPSA) is 86.7 Å². The van der Waals surface area contributed by atoms with Gasteiger partial charge in [0.15, 0.2) is 0 Å². The molecule has 0 aromatic carbocycles. The van der Waals surface area contributed by atoms with Crippen LogP contribution in [0.25, 0.3) is 0 Å². The van der Waals surface area contributed by atoms with Gasteiger partial charge in [0.05, 0.1) is 5.92 Å². The number of rotatable bonds is 5. The van der Waals surface area contributed by atoms with Gasteiger partial charge in [-0.1, -0.05) is 27.7 Å². The fourth-order valence-corrected chi connectivity index (χ4v) is 2.33. The lowest BCUT2D eigenvalue weighted by Crippen LogP contribution is -2.49. The van der Waals surface area contributed by atoms with Gasteiger partial charge in [0.1, 0.15) is 0 Å². The van der Waals surface area contributed by atoms with Crippen molar-refractivity contribution in [2.24, 2.45) is 17.8 Å². The van der Waals surface area contributed by atoms with Crippen LogP contribution in [-0.2, 0) is 14.4 Å². The first-order valence-corrected chi connectivity index (χ1v) is 7.56. The number of amides is 2. The molecule has 21 heavy (non-hydrogen) atoms. The maximum atomic E-state index is 12.3. The first-order chi connectivity index (χ1) is 9.73. The van der Waals surface area contributed by atoms with Crippen molar-refractivity contribution in [3.8, 4) is 0 Å². The van der Waals surface area contributed by atoms with Crippen LogP contribution in [0, 0.1) is 17.8 Å². The molecule has 0 aliphatic carbocycles. The molecular weight excluding hydrogens is 272 g/mol. The number of nitrogens with one attached hydrogen (secondary N) is 1. The summed E-state index contributed by atoms with van der Waals surface area (Å²) in [5.74, 6) is -2.28. The van der Waals surface area contributed by atoms with E-state index < -0.39 is 17.8 Å². The highest BCUT2D eigenvalue weighted by Gasteiger charge is 2.31. The Kier molecular flexibility index (Phi) is 6.18. The van der Waals surface area contributed by atoms with Crippen LogP contribution in [0.3, 0.4) is 0 Å². The zero-order chi connectivity index (χ0) is 16.2. The van der Waals surface area contributed by atoms with Gasteiger partial charge in [-0.05, 0) is 12.8 Å². The number of carbonyl (C=O) groups excluding carboxylic acids is 2. The van der Waals surface area contributed by atoms with Crippen molar-refractivity contribution in [1.82, 2.24) is 10.2 Å². The van der Waals surface area contributed by atoms with Gasteiger partial charge in [-0.3, -0.25) is 14.4 Å². The minimum Gasteiger partial charge on any atom is -0.481 e. The molecule has 2 atom stereocenters. The predicted molar refractivity (Wildman–Crippen MR) is 78.5 cm³/mol. The number of carbonyl (C=O) groups is 3. The monoisotopic (exact) mass is 298 g/mol. The SMILES string of the molecule is CC(C)C(=O)NC1CCN(C(=O)C(C)C(C)C(=O)O)CC1. The van der Waals surface area contributed by atoms with Crippen molar-refractivity contribution in [2.75, 3.05) is 13.1 Å². The summed E-state index contributed by atoms with van der Waals surface area (Å²) >= 11 is 0. The lowest BCUT2D eigenvalue weighted by Gasteiger charge is -2.34. The fourth-order valence-electron chi connectivity index (χ4n) is 2.33. The number of likely N-dealkylation sites (tertiary alicyclic amines) is 1. The Balaban J connectivity index is 2.47. The number of nitrogens with zero attached hydrogens (tertiary/aromatic N) is 1. The maximum absolute atomic E-state index is 12.3. The summed E-state index contributed by atoms with van der Waals surface area (Å²) in [6.45, 7) is 8.05. The van der Waals surface area contributed by atoms with Crippen LogP contribution in [0.1, 0.15) is 40.5 Å². The second-order valence-corrected chi connectivity index (χ2v) is 6.18. The van der Waals surface area contributed by atoms with Gasteiger partial charge in [-0.15, -0.1) is 0 Å². The molecule has 2 N–H and O–H groups in total. The van der Waals surface area contributed by atoms with Gasteiger partial charge < -0.3 is 15.3 Å². The Morgan fingerprint density at radius 2 is 1.57 bits per heavy atom. The van der Waals surface area contributed by atoms with E-state index in [0.29, 0.717) is 13.1 Å².